The Kier molecular flexibility index (Phi) is 3.59. The second-order valence-corrected chi connectivity index (χ2v) is 6.25. The zero-order valence-electron chi connectivity index (χ0n) is 11.3. The van der Waals surface area contributed by atoms with Crippen LogP contribution in [0.4, 0.5) is 10.1 Å². The molecule has 1 aromatic heterocycles. The van der Waals surface area contributed by atoms with Crippen LogP contribution in [0, 0.1) is 5.82 Å². The molecule has 0 aliphatic carbocycles. The van der Waals surface area contributed by atoms with Crippen LogP contribution >= 0.6 is 0 Å². The number of hydrogen-bond donors (Lipinski definition) is 2. The molecule has 0 fully saturated rings. The van der Waals surface area contributed by atoms with Crippen molar-refractivity contribution in [3.63, 3.8) is 0 Å². The Morgan fingerprint density at radius 3 is 2.64 bits per heavy atom. The SMILES string of the molecule is O=S(=O)(Nc1c(F)cccc1CO)c1cc2ccccc2o1. The standard InChI is InChI=1S/C15H12FNO4S/c16-12-6-3-5-11(9-18)15(12)17-22(19,20)14-8-10-4-1-2-7-13(10)21-14/h1-8,17-18H,9H2. The number of fused-ring (bicyclic) bond motifs is 1. The van der Waals surface area contributed by atoms with Crippen LogP contribution in [0.2, 0.25) is 0 Å². The Morgan fingerprint density at radius 2 is 1.91 bits per heavy atom. The number of furan rings is 1. The van der Waals surface area contributed by atoms with E-state index in [9.17, 15) is 17.9 Å². The van der Waals surface area contributed by atoms with Crippen LogP contribution in [0.3, 0.4) is 0 Å². The zero-order valence-corrected chi connectivity index (χ0v) is 12.1. The average molecular weight is 321 g/mol. The minimum absolute atomic E-state index is 0.139. The summed E-state index contributed by atoms with van der Waals surface area (Å²) in [7, 11) is -4.10. The largest absolute Gasteiger partial charge is 0.443 e. The van der Waals surface area contributed by atoms with E-state index in [0.29, 0.717) is 11.0 Å². The summed E-state index contributed by atoms with van der Waals surface area (Å²) in [5.41, 5.74) is 0.268. The van der Waals surface area contributed by atoms with Crippen LogP contribution in [0.25, 0.3) is 11.0 Å². The Hall–Kier alpha value is -2.38. The lowest BCUT2D eigenvalue weighted by Gasteiger charge is -2.10. The third kappa shape index (κ3) is 2.56. The highest BCUT2D eigenvalue weighted by Gasteiger charge is 2.22. The third-order valence-corrected chi connectivity index (χ3v) is 4.38. The summed E-state index contributed by atoms with van der Waals surface area (Å²) in [6, 6.07) is 12.1. The van der Waals surface area contributed by atoms with Gasteiger partial charge < -0.3 is 9.52 Å². The average Bonchev–Trinajstić information content (AvgIpc) is 2.94. The van der Waals surface area contributed by atoms with Gasteiger partial charge in [0.15, 0.2) is 0 Å². The molecule has 7 heteroatoms. The van der Waals surface area contributed by atoms with E-state index in [1.165, 1.54) is 18.2 Å². The molecule has 0 amide bonds. The van der Waals surface area contributed by atoms with Gasteiger partial charge in [0.2, 0.25) is 5.09 Å². The second-order valence-electron chi connectivity index (χ2n) is 4.64. The molecule has 114 valence electrons. The lowest BCUT2D eigenvalue weighted by Crippen LogP contribution is -2.14. The molecular formula is C15H12FNO4S. The number of halogens is 1. The molecule has 1 heterocycles. The van der Waals surface area contributed by atoms with Crippen molar-refractivity contribution >= 4 is 26.7 Å². The van der Waals surface area contributed by atoms with E-state index < -0.39 is 22.4 Å². The molecule has 2 aromatic carbocycles. The molecule has 22 heavy (non-hydrogen) atoms. The smallest absolute Gasteiger partial charge is 0.295 e. The molecule has 0 saturated carbocycles. The maximum absolute atomic E-state index is 13.8. The van der Waals surface area contributed by atoms with Gasteiger partial charge in [-0.25, -0.2) is 4.39 Å². The van der Waals surface area contributed by atoms with Crippen molar-refractivity contribution in [2.45, 2.75) is 11.7 Å². The molecule has 0 radical (unpaired) electrons. The van der Waals surface area contributed by atoms with Crippen molar-refractivity contribution in [2.24, 2.45) is 0 Å². The molecular weight excluding hydrogens is 309 g/mol. The van der Waals surface area contributed by atoms with Crippen LogP contribution in [0.15, 0.2) is 58.0 Å². The molecule has 0 unspecified atom stereocenters. The highest BCUT2D eigenvalue weighted by atomic mass is 32.2. The predicted molar refractivity (Wildman–Crippen MR) is 79.3 cm³/mol. The summed E-state index contributed by atoms with van der Waals surface area (Å²) in [6.45, 7) is -0.490. The van der Waals surface area contributed by atoms with Crippen LogP contribution in [-0.4, -0.2) is 13.5 Å². The van der Waals surface area contributed by atoms with Crippen molar-refractivity contribution in [3.05, 3.63) is 59.9 Å². The van der Waals surface area contributed by atoms with Gasteiger partial charge in [-0.2, -0.15) is 8.42 Å². The molecule has 0 aliphatic heterocycles. The van der Waals surface area contributed by atoms with E-state index in [1.807, 2.05) is 0 Å². The van der Waals surface area contributed by atoms with Gasteiger partial charge in [-0.1, -0.05) is 30.3 Å². The van der Waals surface area contributed by atoms with Crippen molar-refractivity contribution < 1.29 is 22.3 Å². The zero-order chi connectivity index (χ0) is 15.7. The summed E-state index contributed by atoms with van der Waals surface area (Å²) in [5, 5.41) is 9.50. The summed E-state index contributed by atoms with van der Waals surface area (Å²) in [4.78, 5) is 0. The van der Waals surface area contributed by atoms with Gasteiger partial charge in [-0.3, -0.25) is 4.72 Å². The van der Waals surface area contributed by atoms with E-state index in [2.05, 4.69) is 4.72 Å². The van der Waals surface area contributed by atoms with Crippen molar-refractivity contribution in [3.8, 4) is 0 Å². The second kappa shape index (κ2) is 5.43. The summed E-state index contributed by atoms with van der Waals surface area (Å²) < 4.78 is 45.9. The Labute approximate surface area is 126 Å². The van der Waals surface area contributed by atoms with E-state index >= 15 is 0 Å². The molecule has 5 nitrogen and oxygen atoms in total. The van der Waals surface area contributed by atoms with Gasteiger partial charge >= 0.3 is 0 Å². The van der Waals surface area contributed by atoms with Crippen LogP contribution in [-0.2, 0) is 16.6 Å². The summed E-state index contributed by atoms with van der Waals surface area (Å²) >= 11 is 0. The number of sulfonamides is 1. The Morgan fingerprint density at radius 1 is 1.14 bits per heavy atom. The molecule has 2 N–H and O–H groups in total. The highest BCUT2D eigenvalue weighted by Crippen LogP contribution is 2.27. The fourth-order valence-corrected chi connectivity index (χ4v) is 3.17. The van der Waals surface area contributed by atoms with Gasteiger partial charge in [-0.05, 0) is 12.1 Å². The predicted octanol–water partition coefficient (Wildman–Crippen LogP) is 2.87. The maximum Gasteiger partial charge on any atom is 0.295 e. The quantitative estimate of drug-likeness (QED) is 0.774. The minimum Gasteiger partial charge on any atom is -0.443 e. The van der Waals surface area contributed by atoms with Gasteiger partial charge in [0.25, 0.3) is 10.0 Å². The third-order valence-electron chi connectivity index (χ3n) is 3.17. The van der Waals surface area contributed by atoms with Gasteiger partial charge in [-0.15, -0.1) is 0 Å². The minimum atomic E-state index is -4.10. The lowest BCUT2D eigenvalue weighted by molar-refractivity contribution is 0.282. The molecule has 0 aliphatic rings. The van der Waals surface area contributed by atoms with E-state index in [1.54, 1.807) is 24.3 Å². The number of nitrogens with one attached hydrogen (secondary N) is 1. The fourth-order valence-electron chi connectivity index (χ4n) is 2.09. The van der Waals surface area contributed by atoms with Crippen molar-refractivity contribution in [1.82, 2.24) is 0 Å². The summed E-state index contributed by atoms with van der Waals surface area (Å²) in [6.07, 6.45) is 0. The molecule has 3 rings (SSSR count). The topological polar surface area (TPSA) is 79.5 Å². The first-order valence-corrected chi connectivity index (χ1v) is 7.89. The summed E-state index contributed by atoms with van der Waals surface area (Å²) in [5.74, 6) is -0.772. The number of aliphatic hydroxyl groups is 1. The van der Waals surface area contributed by atoms with Crippen molar-refractivity contribution in [2.75, 3.05) is 4.72 Å². The number of para-hydroxylation sites is 2. The first-order valence-electron chi connectivity index (χ1n) is 6.41. The van der Waals surface area contributed by atoms with E-state index in [4.69, 9.17) is 4.42 Å². The van der Waals surface area contributed by atoms with Crippen LogP contribution in [0.1, 0.15) is 5.56 Å². The first-order chi connectivity index (χ1) is 10.5. The van der Waals surface area contributed by atoms with E-state index in [0.717, 1.165) is 6.07 Å². The Bertz CT molecular complexity index is 901. The van der Waals surface area contributed by atoms with Crippen LogP contribution in [0.5, 0.6) is 0 Å². The maximum atomic E-state index is 13.8. The van der Waals surface area contributed by atoms with Gasteiger partial charge in [0.1, 0.15) is 11.4 Å². The first kappa shape index (κ1) is 14.6. The number of benzene rings is 2. The monoisotopic (exact) mass is 321 g/mol. The Balaban J connectivity index is 2.04. The number of anilines is 1. The van der Waals surface area contributed by atoms with Crippen LogP contribution < -0.4 is 4.72 Å². The molecule has 0 saturated heterocycles. The number of hydrogen-bond acceptors (Lipinski definition) is 4. The molecule has 0 bridgehead atoms. The van der Waals surface area contributed by atoms with Gasteiger partial charge in [0.05, 0.1) is 12.3 Å². The number of aliphatic hydroxyl groups excluding tert-OH is 1. The molecule has 0 atom stereocenters. The fraction of sp³-hybridized carbons (Fsp3) is 0.0667. The highest BCUT2D eigenvalue weighted by molar-refractivity contribution is 7.92. The lowest BCUT2D eigenvalue weighted by atomic mass is 10.2. The normalized spacial score (nSPS) is 11.7. The van der Waals surface area contributed by atoms with E-state index in [-0.39, 0.29) is 16.3 Å². The van der Waals surface area contributed by atoms with Crippen molar-refractivity contribution in [1.29, 1.82) is 0 Å². The molecule has 0 spiro atoms. The van der Waals surface area contributed by atoms with Gasteiger partial charge in [0, 0.05) is 17.0 Å². The molecule has 3 aromatic rings. The number of rotatable bonds is 4.